The third-order valence-electron chi connectivity index (χ3n) is 2.92. The summed E-state index contributed by atoms with van der Waals surface area (Å²) in [6.07, 6.45) is 2.66. The van der Waals surface area contributed by atoms with Crippen molar-refractivity contribution in [3.63, 3.8) is 0 Å². The number of hydrogen-bond donors (Lipinski definition) is 0. The molecule has 0 spiro atoms. The van der Waals surface area contributed by atoms with Gasteiger partial charge in [-0.25, -0.2) is 4.39 Å². The van der Waals surface area contributed by atoms with Gasteiger partial charge in [-0.2, -0.15) is 0 Å². The molecule has 2 heteroatoms. The van der Waals surface area contributed by atoms with Crippen molar-refractivity contribution in [2.75, 3.05) is 0 Å². The molecule has 0 saturated heterocycles. The molecule has 1 nitrogen and oxygen atoms in total. The summed E-state index contributed by atoms with van der Waals surface area (Å²) in [6.45, 7) is 5.73. The van der Waals surface area contributed by atoms with E-state index in [0.29, 0.717) is 18.4 Å². The Kier molecular flexibility index (Phi) is 2.89. The molecule has 0 aromatic heterocycles. The number of allylic oxidation sites excluding steroid dienone is 2. The van der Waals surface area contributed by atoms with Crippen molar-refractivity contribution in [2.24, 2.45) is 5.41 Å². The Bertz CT molecular complexity index is 251. The Morgan fingerprint density at radius 3 is 2.46 bits per heavy atom. The minimum Gasteiger partial charge on any atom is -0.294 e. The first kappa shape index (κ1) is 10.4. The van der Waals surface area contributed by atoms with Crippen LogP contribution in [0.5, 0.6) is 0 Å². The SMILES string of the molecule is CCC(C)(C)C(=O)C1=C(F)CCC1. The fourth-order valence-corrected chi connectivity index (χ4v) is 1.51. The highest BCUT2D eigenvalue weighted by Crippen LogP contribution is 2.34. The van der Waals surface area contributed by atoms with Gasteiger partial charge in [0.25, 0.3) is 0 Å². The third kappa shape index (κ3) is 1.98. The second kappa shape index (κ2) is 3.60. The summed E-state index contributed by atoms with van der Waals surface area (Å²) in [5.74, 6) is -0.170. The summed E-state index contributed by atoms with van der Waals surface area (Å²) >= 11 is 0. The van der Waals surface area contributed by atoms with Gasteiger partial charge in [-0.3, -0.25) is 4.79 Å². The van der Waals surface area contributed by atoms with Crippen LogP contribution >= 0.6 is 0 Å². The van der Waals surface area contributed by atoms with Gasteiger partial charge in [-0.15, -0.1) is 0 Å². The van der Waals surface area contributed by atoms with Crippen LogP contribution in [-0.2, 0) is 4.79 Å². The molecule has 74 valence electrons. The Morgan fingerprint density at radius 2 is 2.08 bits per heavy atom. The molecule has 0 aliphatic heterocycles. The van der Waals surface area contributed by atoms with Crippen LogP contribution in [0.1, 0.15) is 46.5 Å². The fraction of sp³-hybridized carbons (Fsp3) is 0.727. The minimum absolute atomic E-state index is 0.00463. The molecule has 0 N–H and O–H groups in total. The van der Waals surface area contributed by atoms with E-state index in [4.69, 9.17) is 0 Å². The molecule has 0 heterocycles. The molecule has 0 fully saturated rings. The molecule has 0 aromatic rings. The van der Waals surface area contributed by atoms with E-state index in [1.165, 1.54) is 0 Å². The van der Waals surface area contributed by atoms with Crippen LogP contribution in [0, 0.1) is 5.41 Å². The number of carbonyl (C=O) groups excluding carboxylic acids is 1. The van der Waals surface area contributed by atoms with E-state index >= 15 is 0 Å². The van der Waals surface area contributed by atoms with E-state index < -0.39 is 5.41 Å². The number of rotatable bonds is 3. The van der Waals surface area contributed by atoms with Crippen molar-refractivity contribution >= 4 is 5.78 Å². The standard InChI is InChI=1S/C11H17FO/c1-4-11(2,3)10(13)8-6-5-7-9(8)12/h4-7H2,1-3H3. The van der Waals surface area contributed by atoms with Gasteiger partial charge in [0.15, 0.2) is 5.78 Å². The second-order valence-electron chi connectivity index (χ2n) is 4.30. The Hall–Kier alpha value is -0.660. The summed E-state index contributed by atoms with van der Waals surface area (Å²) in [5.41, 5.74) is 0.0589. The summed E-state index contributed by atoms with van der Waals surface area (Å²) in [7, 11) is 0. The highest BCUT2D eigenvalue weighted by molar-refractivity contribution is 6.00. The Balaban J connectivity index is 2.84. The van der Waals surface area contributed by atoms with Gasteiger partial charge in [0.2, 0.25) is 0 Å². The first-order valence-electron chi connectivity index (χ1n) is 4.91. The summed E-state index contributed by atoms with van der Waals surface area (Å²) < 4.78 is 13.2. The molecule has 13 heavy (non-hydrogen) atoms. The predicted molar refractivity (Wildman–Crippen MR) is 51.1 cm³/mol. The first-order chi connectivity index (χ1) is 5.99. The number of halogens is 1. The zero-order valence-electron chi connectivity index (χ0n) is 8.61. The van der Waals surface area contributed by atoms with E-state index in [9.17, 15) is 9.18 Å². The zero-order valence-corrected chi connectivity index (χ0v) is 8.61. The summed E-state index contributed by atoms with van der Waals surface area (Å²) in [6, 6.07) is 0. The lowest BCUT2D eigenvalue weighted by Gasteiger charge is -2.21. The topological polar surface area (TPSA) is 17.1 Å². The van der Waals surface area contributed by atoms with Crippen molar-refractivity contribution in [1.29, 1.82) is 0 Å². The Morgan fingerprint density at radius 1 is 1.46 bits per heavy atom. The lowest BCUT2D eigenvalue weighted by Crippen LogP contribution is -2.24. The number of carbonyl (C=O) groups is 1. The minimum atomic E-state index is -0.392. The van der Waals surface area contributed by atoms with E-state index in [1.807, 2.05) is 20.8 Å². The molecule has 1 rings (SSSR count). The molecule has 0 atom stereocenters. The van der Waals surface area contributed by atoms with Gasteiger partial charge in [-0.1, -0.05) is 20.8 Å². The molecule has 0 amide bonds. The average Bonchev–Trinajstić information content (AvgIpc) is 2.50. The van der Waals surface area contributed by atoms with Gasteiger partial charge in [-0.05, 0) is 25.7 Å². The monoisotopic (exact) mass is 184 g/mol. The summed E-state index contributed by atoms with van der Waals surface area (Å²) in [4.78, 5) is 11.8. The highest BCUT2D eigenvalue weighted by Gasteiger charge is 2.31. The smallest absolute Gasteiger partial charge is 0.167 e. The van der Waals surface area contributed by atoms with Crippen molar-refractivity contribution in [3.05, 3.63) is 11.4 Å². The molecule has 1 aliphatic rings. The lowest BCUT2D eigenvalue weighted by atomic mass is 9.81. The Labute approximate surface area is 79.0 Å². The first-order valence-corrected chi connectivity index (χ1v) is 4.91. The van der Waals surface area contributed by atoms with Crippen LogP contribution in [0.2, 0.25) is 0 Å². The number of ketones is 1. The molecule has 0 bridgehead atoms. The molecule has 0 aromatic carbocycles. The van der Waals surface area contributed by atoms with Crippen LogP contribution < -0.4 is 0 Å². The number of hydrogen-bond acceptors (Lipinski definition) is 1. The molecule has 0 unspecified atom stereocenters. The van der Waals surface area contributed by atoms with Crippen LogP contribution in [-0.4, -0.2) is 5.78 Å². The maximum atomic E-state index is 13.2. The largest absolute Gasteiger partial charge is 0.294 e. The maximum absolute atomic E-state index is 13.2. The third-order valence-corrected chi connectivity index (χ3v) is 2.92. The normalized spacial score (nSPS) is 18.2. The molecule has 0 saturated carbocycles. The van der Waals surface area contributed by atoms with Crippen molar-refractivity contribution < 1.29 is 9.18 Å². The predicted octanol–water partition coefficient (Wildman–Crippen LogP) is 3.40. The van der Waals surface area contributed by atoms with E-state index in [2.05, 4.69) is 0 Å². The van der Waals surface area contributed by atoms with Crippen LogP contribution in [0.25, 0.3) is 0 Å². The second-order valence-corrected chi connectivity index (χ2v) is 4.30. The molecular weight excluding hydrogens is 167 g/mol. The van der Waals surface area contributed by atoms with E-state index in [0.717, 1.165) is 12.8 Å². The van der Waals surface area contributed by atoms with Crippen LogP contribution in [0.4, 0.5) is 4.39 Å². The lowest BCUT2D eigenvalue weighted by molar-refractivity contribution is -0.123. The molecular formula is C11H17FO. The van der Waals surface area contributed by atoms with E-state index in [1.54, 1.807) is 0 Å². The van der Waals surface area contributed by atoms with E-state index in [-0.39, 0.29) is 11.6 Å². The molecule has 1 aliphatic carbocycles. The van der Waals surface area contributed by atoms with Crippen molar-refractivity contribution in [1.82, 2.24) is 0 Å². The van der Waals surface area contributed by atoms with Gasteiger partial charge < -0.3 is 0 Å². The number of Topliss-reactive ketones (excluding diaryl/α,β-unsaturated/α-hetero) is 1. The highest BCUT2D eigenvalue weighted by atomic mass is 19.1. The van der Waals surface area contributed by atoms with Crippen molar-refractivity contribution in [2.45, 2.75) is 46.5 Å². The van der Waals surface area contributed by atoms with Gasteiger partial charge in [0.1, 0.15) is 5.83 Å². The summed E-state index contributed by atoms with van der Waals surface area (Å²) in [5, 5.41) is 0. The quantitative estimate of drug-likeness (QED) is 0.657. The van der Waals surface area contributed by atoms with Gasteiger partial charge >= 0.3 is 0 Å². The zero-order chi connectivity index (χ0) is 10.1. The molecule has 0 radical (unpaired) electrons. The maximum Gasteiger partial charge on any atom is 0.167 e. The fourth-order valence-electron chi connectivity index (χ4n) is 1.51. The van der Waals surface area contributed by atoms with Gasteiger partial charge in [0.05, 0.1) is 0 Å². The van der Waals surface area contributed by atoms with Crippen LogP contribution in [0.3, 0.4) is 0 Å². The van der Waals surface area contributed by atoms with Crippen LogP contribution in [0.15, 0.2) is 11.4 Å². The van der Waals surface area contributed by atoms with Crippen molar-refractivity contribution in [3.8, 4) is 0 Å². The van der Waals surface area contributed by atoms with Gasteiger partial charge in [0, 0.05) is 11.0 Å². The average molecular weight is 184 g/mol.